The molecule has 0 aliphatic rings. The number of esters is 1. The predicted octanol–water partition coefficient (Wildman–Crippen LogP) is 3.72. The molecule has 0 saturated heterocycles. The van der Waals surface area contributed by atoms with Gasteiger partial charge in [0.2, 0.25) is 0 Å². The number of aryl methyl sites for hydroxylation is 2. The van der Waals surface area contributed by atoms with Crippen molar-refractivity contribution in [3.8, 4) is 0 Å². The van der Waals surface area contributed by atoms with E-state index in [0.717, 1.165) is 25.1 Å². The third kappa shape index (κ3) is 6.53. The molecule has 0 bridgehead atoms. The van der Waals surface area contributed by atoms with Crippen molar-refractivity contribution < 1.29 is 9.53 Å². The van der Waals surface area contributed by atoms with E-state index < -0.39 is 0 Å². The molecule has 0 fully saturated rings. The number of hydrogen-bond acceptors (Lipinski definition) is 4. The number of benzene rings is 1. The van der Waals surface area contributed by atoms with Gasteiger partial charge in [-0.1, -0.05) is 13.0 Å². The van der Waals surface area contributed by atoms with Crippen LogP contribution in [0.15, 0.2) is 23.1 Å². The SMILES string of the molecule is CCCNC(CCSc1ccc(C)c(C)c1)C(=O)OCC. The Kier molecular flexibility index (Phi) is 8.47. The van der Waals surface area contributed by atoms with Gasteiger partial charge in [-0.15, -0.1) is 11.8 Å². The molecule has 1 aromatic rings. The number of carbonyl (C=O) groups excluding carboxylic acids is 1. The van der Waals surface area contributed by atoms with Gasteiger partial charge in [0.15, 0.2) is 0 Å². The van der Waals surface area contributed by atoms with Crippen molar-refractivity contribution in [2.75, 3.05) is 18.9 Å². The zero-order chi connectivity index (χ0) is 15.7. The molecule has 4 heteroatoms. The van der Waals surface area contributed by atoms with E-state index in [1.165, 1.54) is 16.0 Å². The van der Waals surface area contributed by atoms with Gasteiger partial charge in [0, 0.05) is 10.6 Å². The molecule has 1 rings (SSSR count). The van der Waals surface area contributed by atoms with Gasteiger partial charge in [0.05, 0.1) is 6.61 Å². The first-order chi connectivity index (χ1) is 10.1. The summed E-state index contributed by atoms with van der Waals surface area (Å²) in [5, 5.41) is 3.27. The number of ether oxygens (including phenoxy) is 1. The third-order valence-electron chi connectivity index (χ3n) is 3.37. The Morgan fingerprint density at radius 3 is 2.67 bits per heavy atom. The molecule has 0 aliphatic carbocycles. The predicted molar refractivity (Wildman–Crippen MR) is 90.0 cm³/mol. The van der Waals surface area contributed by atoms with Crippen LogP contribution in [-0.4, -0.2) is 30.9 Å². The standard InChI is InChI=1S/C17H27NO2S/c1-5-10-18-16(17(19)20-6-2)9-11-21-15-8-7-13(3)14(4)12-15/h7-8,12,16,18H,5-6,9-11H2,1-4H3. The molecular formula is C17H27NO2S. The van der Waals surface area contributed by atoms with Gasteiger partial charge in [-0.05, 0) is 63.4 Å². The minimum atomic E-state index is -0.191. The highest BCUT2D eigenvalue weighted by molar-refractivity contribution is 7.99. The maximum Gasteiger partial charge on any atom is 0.323 e. The maximum atomic E-state index is 11.9. The van der Waals surface area contributed by atoms with Crippen LogP contribution in [-0.2, 0) is 9.53 Å². The van der Waals surface area contributed by atoms with Crippen molar-refractivity contribution >= 4 is 17.7 Å². The van der Waals surface area contributed by atoms with Crippen LogP contribution in [0, 0.1) is 13.8 Å². The van der Waals surface area contributed by atoms with Crippen molar-refractivity contribution in [1.82, 2.24) is 5.32 Å². The Labute approximate surface area is 132 Å². The summed E-state index contributed by atoms with van der Waals surface area (Å²) in [5.41, 5.74) is 2.62. The van der Waals surface area contributed by atoms with Crippen molar-refractivity contribution in [2.45, 2.75) is 51.5 Å². The third-order valence-corrected chi connectivity index (χ3v) is 4.39. The van der Waals surface area contributed by atoms with Gasteiger partial charge in [0.25, 0.3) is 0 Å². The second kappa shape index (κ2) is 9.85. The molecule has 0 saturated carbocycles. The zero-order valence-corrected chi connectivity index (χ0v) is 14.4. The first kappa shape index (κ1) is 18.1. The van der Waals surface area contributed by atoms with Gasteiger partial charge < -0.3 is 10.1 Å². The van der Waals surface area contributed by atoms with Crippen LogP contribution in [0.5, 0.6) is 0 Å². The Balaban J connectivity index is 2.47. The number of thioether (sulfide) groups is 1. The highest BCUT2D eigenvalue weighted by atomic mass is 32.2. The Bertz CT molecular complexity index is 448. The summed E-state index contributed by atoms with van der Waals surface area (Å²) in [4.78, 5) is 13.2. The molecule has 1 aromatic carbocycles. The molecule has 118 valence electrons. The molecule has 21 heavy (non-hydrogen) atoms. The first-order valence-electron chi connectivity index (χ1n) is 7.68. The fourth-order valence-corrected chi connectivity index (χ4v) is 2.98. The van der Waals surface area contributed by atoms with E-state index in [4.69, 9.17) is 4.74 Å². The van der Waals surface area contributed by atoms with Crippen LogP contribution in [0.2, 0.25) is 0 Å². The Morgan fingerprint density at radius 1 is 1.29 bits per heavy atom. The number of hydrogen-bond donors (Lipinski definition) is 1. The number of rotatable bonds is 9. The molecule has 0 spiro atoms. The highest BCUT2D eigenvalue weighted by Crippen LogP contribution is 2.22. The normalized spacial score (nSPS) is 12.2. The molecular weight excluding hydrogens is 282 g/mol. The fourth-order valence-electron chi connectivity index (χ4n) is 1.96. The topological polar surface area (TPSA) is 38.3 Å². The summed E-state index contributed by atoms with van der Waals surface area (Å²) in [6, 6.07) is 6.31. The molecule has 1 N–H and O–H groups in total. The lowest BCUT2D eigenvalue weighted by atomic mass is 10.1. The van der Waals surface area contributed by atoms with Crippen LogP contribution >= 0.6 is 11.8 Å². The lowest BCUT2D eigenvalue weighted by Gasteiger charge is -2.16. The molecule has 3 nitrogen and oxygen atoms in total. The summed E-state index contributed by atoms with van der Waals surface area (Å²) < 4.78 is 5.13. The van der Waals surface area contributed by atoms with Gasteiger partial charge in [0.1, 0.15) is 6.04 Å². The summed E-state index contributed by atoms with van der Waals surface area (Å²) in [6.45, 7) is 9.47. The summed E-state index contributed by atoms with van der Waals surface area (Å²) in [7, 11) is 0. The van der Waals surface area contributed by atoms with Gasteiger partial charge in [-0.3, -0.25) is 4.79 Å². The van der Waals surface area contributed by atoms with Crippen molar-refractivity contribution in [3.05, 3.63) is 29.3 Å². The van der Waals surface area contributed by atoms with Gasteiger partial charge in [-0.2, -0.15) is 0 Å². The molecule has 0 amide bonds. The average Bonchev–Trinajstić information content (AvgIpc) is 2.46. The molecule has 0 aromatic heterocycles. The smallest absolute Gasteiger partial charge is 0.323 e. The minimum absolute atomic E-state index is 0.133. The highest BCUT2D eigenvalue weighted by Gasteiger charge is 2.18. The number of carbonyl (C=O) groups is 1. The molecule has 0 radical (unpaired) electrons. The number of nitrogens with one attached hydrogen (secondary N) is 1. The monoisotopic (exact) mass is 309 g/mol. The molecule has 0 heterocycles. The zero-order valence-electron chi connectivity index (χ0n) is 13.6. The second-order valence-electron chi connectivity index (χ2n) is 5.14. The van der Waals surface area contributed by atoms with Crippen LogP contribution in [0.25, 0.3) is 0 Å². The van der Waals surface area contributed by atoms with E-state index in [1.807, 2.05) is 6.92 Å². The van der Waals surface area contributed by atoms with Crippen molar-refractivity contribution in [3.63, 3.8) is 0 Å². The maximum absolute atomic E-state index is 11.9. The van der Waals surface area contributed by atoms with Crippen LogP contribution < -0.4 is 5.32 Å². The Morgan fingerprint density at radius 2 is 2.05 bits per heavy atom. The lowest BCUT2D eigenvalue weighted by molar-refractivity contribution is -0.145. The van der Waals surface area contributed by atoms with Gasteiger partial charge in [-0.25, -0.2) is 0 Å². The Hall–Kier alpha value is -1.00. The second-order valence-corrected chi connectivity index (χ2v) is 6.31. The quantitative estimate of drug-likeness (QED) is 0.557. The lowest BCUT2D eigenvalue weighted by Crippen LogP contribution is -2.39. The van der Waals surface area contributed by atoms with E-state index in [1.54, 1.807) is 11.8 Å². The van der Waals surface area contributed by atoms with E-state index in [-0.39, 0.29) is 12.0 Å². The van der Waals surface area contributed by atoms with Gasteiger partial charge >= 0.3 is 5.97 Å². The van der Waals surface area contributed by atoms with E-state index in [0.29, 0.717) is 6.61 Å². The van der Waals surface area contributed by atoms with Crippen molar-refractivity contribution in [1.29, 1.82) is 0 Å². The van der Waals surface area contributed by atoms with E-state index >= 15 is 0 Å². The molecule has 1 atom stereocenters. The molecule has 0 aliphatic heterocycles. The fraction of sp³-hybridized carbons (Fsp3) is 0.588. The van der Waals surface area contributed by atoms with E-state index in [9.17, 15) is 4.79 Å². The van der Waals surface area contributed by atoms with Crippen LogP contribution in [0.4, 0.5) is 0 Å². The van der Waals surface area contributed by atoms with Crippen LogP contribution in [0.1, 0.15) is 37.8 Å². The van der Waals surface area contributed by atoms with Crippen LogP contribution in [0.3, 0.4) is 0 Å². The summed E-state index contributed by atoms with van der Waals surface area (Å²) in [6.07, 6.45) is 1.80. The molecule has 1 unspecified atom stereocenters. The average molecular weight is 309 g/mol. The van der Waals surface area contributed by atoms with E-state index in [2.05, 4.69) is 44.3 Å². The summed E-state index contributed by atoms with van der Waals surface area (Å²) in [5.74, 6) is 0.773. The minimum Gasteiger partial charge on any atom is -0.465 e. The summed E-state index contributed by atoms with van der Waals surface area (Å²) >= 11 is 1.79. The largest absolute Gasteiger partial charge is 0.465 e. The first-order valence-corrected chi connectivity index (χ1v) is 8.67. The van der Waals surface area contributed by atoms with Crippen molar-refractivity contribution in [2.24, 2.45) is 0 Å².